The Bertz CT molecular complexity index is 674. The van der Waals surface area contributed by atoms with Crippen LogP contribution in [0.15, 0.2) is 30.3 Å². The fourth-order valence-corrected chi connectivity index (χ4v) is 3.91. The predicted molar refractivity (Wildman–Crippen MR) is 93.8 cm³/mol. The van der Waals surface area contributed by atoms with Crippen molar-refractivity contribution in [1.29, 1.82) is 0 Å². The Balaban J connectivity index is 1.76. The smallest absolute Gasteiger partial charge is 0.254 e. The van der Waals surface area contributed by atoms with Crippen molar-refractivity contribution in [3.05, 3.63) is 35.9 Å². The number of hydrogen-bond donors (Lipinski definition) is 1. The summed E-state index contributed by atoms with van der Waals surface area (Å²) < 4.78 is 0. The second-order valence-electron chi connectivity index (χ2n) is 7.33. The highest BCUT2D eigenvalue weighted by Crippen LogP contribution is 2.31. The standard InChI is InChI=1S/C19H25N3O3/c1-12(2)10-14(20)19(25)21-9-8-15-17(21)16(23)11-22(15)18(24)13-6-4-3-5-7-13/h3-7,12,14-15,17H,8-11,20H2,1-2H3/t14-,15?,17?/m0/s1. The maximum atomic E-state index is 12.7. The van der Waals surface area contributed by atoms with Crippen molar-refractivity contribution in [2.45, 2.75) is 44.8 Å². The molecule has 3 atom stereocenters. The van der Waals surface area contributed by atoms with E-state index in [1.54, 1.807) is 34.1 Å². The van der Waals surface area contributed by atoms with Gasteiger partial charge in [-0.1, -0.05) is 32.0 Å². The molecule has 2 amide bonds. The van der Waals surface area contributed by atoms with Gasteiger partial charge in [0.1, 0.15) is 6.04 Å². The van der Waals surface area contributed by atoms with Crippen molar-refractivity contribution in [3.63, 3.8) is 0 Å². The van der Waals surface area contributed by atoms with Gasteiger partial charge in [-0.2, -0.15) is 0 Å². The molecule has 25 heavy (non-hydrogen) atoms. The first-order chi connectivity index (χ1) is 11.9. The second-order valence-corrected chi connectivity index (χ2v) is 7.33. The van der Waals surface area contributed by atoms with E-state index < -0.39 is 12.1 Å². The minimum absolute atomic E-state index is 0.0618. The van der Waals surface area contributed by atoms with Crippen LogP contribution in [0.1, 0.15) is 37.0 Å². The molecule has 2 unspecified atom stereocenters. The van der Waals surface area contributed by atoms with Gasteiger partial charge in [-0.05, 0) is 30.9 Å². The monoisotopic (exact) mass is 343 g/mol. The number of rotatable bonds is 4. The second kappa shape index (κ2) is 6.96. The van der Waals surface area contributed by atoms with Crippen LogP contribution in [0.4, 0.5) is 0 Å². The number of Topliss-reactive ketones (excluding diaryl/α,β-unsaturated/α-hetero) is 1. The minimum Gasteiger partial charge on any atom is -0.329 e. The van der Waals surface area contributed by atoms with Gasteiger partial charge in [0.15, 0.2) is 5.78 Å². The van der Waals surface area contributed by atoms with Crippen molar-refractivity contribution < 1.29 is 14.4 Å². The van der Waals surface area contributed by atoms with E-state index in [2.05, 4.69) is 0 Å². The quantitative estimate of drug-likeness (QED) is 0.886. The number of likely N-dealkylation sites (tertiary alicyclic amines) is 2. The number of carbonyl (C=O) groups excluding carboxylic acids is 3. The van der Waals surface area contributed by atoms with Gasteiger partial charge in [0, 0.05) is 12.1 Å². The first-order valence-corrected chi connectivity index (χ1v) is 8.85. The molecule has 0 aliphatic carbocycles. The largest absolute Gasteiger partial charge is 0.329 e. The highest BCUT2D eigenvalue weighted by atomic mass is 16.2. The van der Waals surface area contributed by atoms with Crippen LogP contribution in [0.2, 0.25) is 0 Å². The molecule has 3 rings (SSSR count). The summed E-state index contributed by atoms with van der Waals surface area (Å²) in [5, 5.41) is 0. The summed E-state index contributed by atoms with van der Waals surface area (Å²) in [6.07, 6.45) is 1.21. The molecule has 0 radical (unpaired) electrons. The van der Waals surface area contributed by atoms with Gasteiger partial charge in [-0.3, -0.25) is 14.4 Å². The van der Waals surface area contributed by atoms with Gasteiger partial charge in [0.2, 0.25) is 5.91 Å². The molecule has 1 aromatic rings. The summed E-state index contributed by atoms with van der Waals surface area (Å²) in [7, 11) is 0. The third kappa shape index (κ3) is 3.31. The molecule has 2 fully saturated rings. The van der Waals surface area contributed by atoms with Gasteiger partial charge in [-0.15, -0.1) is 0 Å². The Morgan fingerprint density at radius 1 is 1.20 bits per heavy atom. The molecule has 6 nitrogen and oxygen atoms in total. The number of nitrogens with zero attached hydrogens (tertiary/aromatic N) is 2. The summed E-state index contributed by atoms with van der Waals surface area (Å²) in [5.74, 6) is -0.0875. The lowest BCUT2D eigenvalue weighted by Crippen LogP contribution is -2.50. The van der Waals surface area contributed by atoms with Crippen molar-refractivity contribution in [2.75, 3.05) is 13.1 Å². The topological polar surface area (TPSA) is 83.7 Å². The third-order valence-electron chi connectivity index (χ3n) is 5.03. The summed E-state index contributed by atoms with van der Waals surface area (Å²) in [6.45, 7) is 4.57. The van der Waals surface area contributed by atoms with Gasteiger partial charge in [0.05, 0.1) is 18.6 Å². The van der Waals surface area contributed by atoms with Crippen LogP contribution in [0.25, 0.3) is 0 Å². The van der Waals surface area contributed by atoms with Crippen LogP contribution in [0, 0.1) is 5.92 Å². The van der Waals surface area contributed by atoms with Gasteiger partial charge in [-0.25, -0.2) is 0 Å². The Morgan fingerprint density at radius 3 is 2.52 bits per heavy atom. The molecular formula is C19H25N3O3. The zero-order valence-corrected chi connectivity index (χ0v) is 14.7. The maximum Gasteiger partial charge on any atom is 0.254 e. The Labute approximate surface area is 148 Å². The average Bonchev–Trinajstić information content (AvgIpc) is 3.15. The van der Waals surface area contributed by atoms with Crippen molar-refractivity contribution >= 4 is 17.6 Å². The Hall–Kier alpha value is -2.21. The number of amides is 2. The lowest BCUT2D eigenvalue weighted by molar-refractivity contribution is -0.137. The van der Waals surface area contributed by atoms with E-state index in [1.165, 1.54) is 0 Å². The maximum absolute atomic E-state index is 12.7. The summed E-state index contributed by atoms with van der Waals surface area (Å²) in [6, 6.07) is 7.57. The van der Waals surface area contributed by atoms with E-state index in [1.807, 2.05) is 19.9 Å². The fraction of sp³-hybridized carbons (Fsp3) is 0.526. The van der Waals surface area contributed by atoms with Gasteiger partial charge in [0.25, 0.3) is 5.91 Å². The van der Waals surface area contributed by atoms with Gasteiger partial charge >= 0.3 is 0 Å². The highest BCUT2D eigenvalue weighted by Gasteiger charge is 2.51. The number of carbonyl (C=O) groups is 3. The molecule has 0 spiro atoms. The van der Waals surface area contributed by atoms with Crippen molar-refractivity contribution in [2.24, 2.45) is 11.7 Å². The number of hydrogen-bond acceptors (Lipinski definition) is 4. The van der Waals surface area contributed by atoms with Crippen molar-refractivity contribution in [1.82, 2.24) is 9.80 Å². The lowest BCUT2D eigenvalue weighted by atomic mass is 10.0. The molecule has 0 bridgehead atoms. The normalized spacial score (nSPS) is 23.9. The van der Waals surface area contributed by atoms with E-state index in [0.717, 1.165) is 0 Å². The van der Waals surface area contributed by atoms with Crippen LogP contribution in [0.5, 0.6) is 0 Å². The molecule has 1 aromatic carbocycles. The van der Waals surface area contributed by atoms with Crippen LogP contribution >= 0.6 is 0 Å². The first kappa shape index (κ1) is 17.6. The molecule has 134 valence electrons. The van der Waals surface area contributed by atoms with Crippen LogP contribution in [0.3, 0.4) is 0 Å². The molecule has 2 aliphatic heterocycles. The fourth-order valence-electron chi connectivity index (χ4n) is 3.91. The molecule has 2 N–H and O–H groups in total. The molecule has 0 saturated carbocycles. The summed E-state index contributed by atoms with van der Waals surface area (Å²) in [4.78, 5) is 41.1. The van der Waals surface area contributed by atoms with E-state index in [0.29, 0.717) is 30.9 Å². The Kier molecular flexibility index (Phi) is 4.90. The molecule has 2 aliphatic rings. The van der Waals surface area contributed by atoms with E-state index in [9.17, 15) is 14.4 Å². The highest BCUT2D eigenvalue weighted by molar-refractivity contribution is 6.02. The lowest BCUT2D eigenvalue weighted by Gasteiger charge is -2.27. The van der Waals surface area contributed by atoms with Crippen molar-refractivity contribution in [3.8, 4) is 0 Å². The molecule has 2 saturated heterocycles. The molecule has 2 heterocycles. The van der Waals surface area contributed by atoms with E-state index in [-0.39, 0.29) is 30.2 Å². The van der Waals surface area contributed by atoms with E-state index in [4.69, 9.17) is 5.73 Å². The molecule has 6 heteroatoms. The number of fused-ring (bicyclic) bond motifs is 1. The molecule has 0 aromatic heterocycles. The van der Waals surface area contributed by atoms with Crippen LogP contribution in [-0.4, -0.2) is 58.6 Å². The van der Waals surface area contributed by atoms with Crippen LogP contribution < -0.4 is 5.73 Å². The summed E-state index contributed by atoms with van der Waals surface area (Å²) in [5.41, 5.74) is 6.60. The predicted octanol–water partition coefficient (Wildman–Crippen LogP) is 1.05. The Morgan fingerprint density at radius 2 is 1.88 bits per heavy atom. The zero-order valence-electron chi connectivity index (χ0n) is 14.7. The summed E-state index contributed by atoms with van der Waals surface area (Å²) >= 11 is 0. The van der Waals surface area contributed by atoms with Crippen LogP contribution in [-0.2, 0) is 9.59 Å². The van der Waals surface area contributed by atoms with Gasteiger partial charge < -0.3 is 15.5 Å². The zero-order chi connectivity index (χ0) is 18.1. The average molecular weight is 343 g/mol. The SMILES string of the molecule is CC(C)C[C@H](N)C(=O)N1CCC2C1C(=O)CN2C(=O)c1ccccc1. The number of nitrogens with two attached hydrogens (primary N) is 1. The number of ketones is 1. The first-order valence-electron chi connectivity index (χ1n) is 8.85. The third-order valence-corrected chi connectivity index (χ3v) is 5.03. The minimum atomic E-state index is -0.592. The van der Waals surface area contributed by atoms with E-state index >= 15 is 0 Å². The number of benzene rings is 1. The molecular weight excluding hydrogens is 318 g/mol.